The van der Waals surface area contributed by atoms with E-state index in [1.807, 2.05) is 0 Å². The molecule has 1 atom stereocenters. The Bertz CT molecular complexity index is 580. The monoisotopic (exact) mass is 305 g/mol. The zero-order valence-corrected chi connectivity index (χ0v) is 13.3. The minimum absolute atomic E-state index is 0.0842. The Morgan fingerprint density at radius 3 is 2.43 bits per heavy atom. The van der Waals surface area contributed by atoms with Crippen LogP contribution in [0.5, 0.6) is 0 Å². The zero-order valence-electron chi connectivity index (χ0n) is 12.5. The van der Waals surface area contributed by atoms with Gasteiger partial charge in [0, 0.05) is 5.02 Å². The van der Waals surface area contributed by atoms with Gasteiger partial charge in [0.2, 0.25) is 0 Å². The number of rotatable bonds is 6. The minimum Gasteiger partial charge on any atom is -0.306 e. The fraction of sp³-hybridized carbons (Fsp3) is 0.333. The highest BCUT2D eigenvalue weighted by Crippen LogP contribution is 2.29. The van der Waals surface area contributed by atoms with Crippen molar-refractivity contribution in [1.29, 1.82) is 0 Å². The Kier molecular flexibility index (Phi) is 5.77. The standard InChI is InChI=1S/C18H21ClFN/c1-3-11-21-18(14-7-5-13(4-2)6-8-14)16-12-15(20)9-10-17(16)19/h5-10,12,18,21H,3-4,11H2,1-2H3. The molecule has 112 valence electrons. The third kappa shape index (κ3) is 4.05. The van der Waals surface area contributed by atoms with E-state index in [9.17, 15) is 4.39 Å². The lowest BCUT2D eigenvalue weighted by Crippen LogP contribution is -2.23. The molecular weight excluding hydrogens is 285 g/mol. The Morgan fingerprint density at radius 1 is 1.10 bits per heavy atom. The third-order valence-electron chi connectivity index (χ3n) is 3.59. The van der Waals surface area contributed by atoms with Gasteiger partial charge in [0.15, 0.2) is 0 Å². The number of aryl methyl sites for hydroxylation is 1. The molecule has 2 rings (SSSR count). The summed E-state index contributed by atoms with van der Waals surface area (Å²) in [7, 11) is 0. The maximum atomic E-state index is 13.6. The van der Waals surface area contributed by atoms with E-state index in [1.165, 1.54) is 17.7 Å². The van der Waals surface area contributed by atoms with Crippen LogP contribution in [0.4, 0.5) is 4.39 Å². The lowest BCUT2D eigenvalue weighted by Gasteiger charge is -2.21. The summed E-state index contributed by atoms with van der Waals surface area (Å²) in [5.41, 5.74) is 3.18. The molecule has 0 spiro atoms. The first-order valence-electron chi connectivity index (χ1n) is 7.42. The summed E-state index contributed by atoms with van der Waals surface area (Å²) in [6.45, 7) is 5.09. The van der Waals surface area contributed by atoms with Crippen LogP contribution in [0.15, 0.2) is 42.5 Å². The van der Waals surface area contributed by atoms with E-state index < -0.39 is 0 Å². The van der Waals surface area contributed by atoms with E-state index in [1.54, 1.807) is 6.07 Å². The SMILES string of the molecule is CCCNC(c1ccc(CC)cc1)c1cc(F)ccc1Cl. The summed E-state index contributed by atoms with van der Waals surface area (Å²) in [6, 6.07) is 12.9. The van der Waals surface area contributed by atoms with Crippen molar-refractivity contribution < 1.29 is 4.39 Å². The fourth-order valence-electron chi connectivity index (χ4n) is 2.38. The molecule has 0 aliphatic carbocycles. The zero-order chi connectivity index (χ0) is 15.2. The van der Waals surface area contributed by atoms with Crippen LogP contribution in [-0.4, -0.2) is 6.54 Å². The number of halogens is 2. The summed E-state index contributed by atoms with van der Waals surface area (Å²) in [5.74, 6) is -0.261. The third-order valence-corrected chi connectivity index (χ3v) is 3.93. The van der Waals surface area contributed by atoms with Crippen LogP contribution in [0.25, 0.3) is 0 Å². The van der Waals surface area contributed by atoms with Crippen molar-refractivity contribution in [2.45, 2.75) is 32.7 Å². The second-order valence-electron chi connectivity index (χ2n) is 5.15. The lowest BCUT2D eigenvalue weighted by molar-refractivity contribution is 0.585. The first kappa shape index (κ1) is 16.0. The van der Waals surface area contributed by atoms with Crippen molar-refractivity contribution in [2.75, 3.05) is 6.54 Å². The average Bonchev–Trinajstić information content (AvgIpc) is 2.51. The number of benzene rings is 2. The van der Waals surface area contributed by atoms with E-state index in [0.29, 0.717) is 5.02 Å². The predicted molar refractivity (Wildman–Crippen MR) is 87.4 cm³/mol. The van der Waals surface area contributed by atoms with Gasteiger partial charge in [0.05, 0.1) is 6.04 Å². The van der Waals surface area contributed by atoms with Gasteiger partial charge in [-0.3, -0.25) is 0 Å². The summed E-state index contributed by atoms with van der Waals surface area (Å²) >= 11 is 6.27. The van der Waals surface area contributed by atoms with E-state index in [0.717, 1.165) is 30.5 Å². The first-order valence-corrected chi connectivity index (χ1v) is 7.80. The maximum absolute atomic E-state index is 13.6. The molecular formula is C18H21ClFN. The van der Waals surface area contributed by atoms with Crippen LogP contribution < -0.4 is 5.32 Å². The molecule has 0 saturated carbocycles. The maximum Gasteiger partial charge on any atom is 0.123 e. The van der Waals surface area contributed by atoms with E-state index in [2.05, 4.69) is 43.4 Å². The molecule has 0 aliphatic rings. The van der Waals surface area contributed by atoms with Crippen LogP contribution in [0.3, 0.4) is 0 Å². The number of hydrogen-bond donors (Lipinski definition) is 1. The highest BCUT2D eigenvalue weighted by Gasteiger charge is 2.17. The molecule has 1 N–H and O–H groups in total. The minimum atomic E-state index is -0.261. The smallest absolute Gasteiger partial charge is 0.123 e. The van der Waals surface area contributed by atoms with Gasteiger partial charge < -0.3 is 5.32 Å². The van der Waals surface area contributed by atoms with Crippen molar-refractivity contribution >= 4 is 11.6 Å². The molecule has 1 nitrogen and oxygen atoms in total. The normalized spacial score (nSPS) is 12.4. The van der Waals surface area contributed by atoms with Gasteiger partial charge in [-0.2, -0.15) is 0 Å². The Morgan fingerprint density at radius 2 is 1.81 bits per heavy atom. The van der Waals surface area contributed by atoms with Gasteiger partial charge >= 0.3 is 0 Å². The van der Waals surface area contributed by atoms with Crippen LogP contribution in [0.1, 0.15) is 43.0 Å². The second-order valence-corrected chi connectivity index (χ2v) is 5.56. The van der Waals surface area contributed by atoms with E-state index in [4.69, 9.17) is 11.6 Å². The molecule has 0 heterocycles. The predicted octanol–water partition coefficient (Wildman–Crippen LogP) is 5.13. The molecule has 21 heavy (non-hydrogen) atoms. The van der Waals surface area contributed by atoms with Crippen molar-refractivity contribution in [2.24, 2.45) is 0 Å². The highest BCUT2D eigenvalue weighted by molar-refractivity contribution is 6.31. The first-order chi connectivity index (χ1) is 10.2. The van der Waals surface area contributed by atoms with Crippen LogP contribution in [0.2, 0.25) is 5.02 Å². The molecule has 3 heteroatoms. The van der Waals surface area contributed by atoms with Crippen molar-refractivity contribution in [3.8, 4) is 0 Å². The van der Waals surface area contributed by atoms with Crippen LogP contribution in [0, 0.1) is 5.82 Å². The van der Waals surface area contributed by atoms with Crippen molar-refractivity contribution in [3.05, 3.63) is 70.0 Å². The number of nitrogens with one attached hydrogen (secondary N) is 1. The molecule has 0 radical (unpaired) electrons. The Labute approximate surface area is 131 Å². The molecule has 1 unspecified atom stereocenters. The summed E-state index contributed by atoms with van der Waals surface area (Å²) in [5, 5.41) is 4.04. The quantitative estimate of drug-likeness (QED) is 0.780. The molecule has 0 aromatic heterocycles. The van der Waals surface area contributed by atoms with E-state index >= 15 is 0 Å². The topological polar surface area (TPSA) is 12.0 Å². The number of hydrogen-bond acceptors (Lipinski definition) is 1. The molecule has 2 aromatic carbocycles. The fourth-order valence-corrected chi connectivity index (χ4v) is 2.60. The van der Waals surface area contributed by atoms with Gasteiger partial charge in [-0.15, -0.1) is 0 Å². The van der Waals surface area contributed by atoms with Gasteiger partial charge in [-0.05, 0) is 54.3 Å². The van der Waals surface area contributed by atoms with Gasteiger partial charge in [0.1, 0.15) is 5.82 Å². The summed E-state index contributed by atoms with van der Waals surface area (Å²) < 4.78 is 13.6. The highest BCUT2D eigenvalue weighted by atomic mass is 35.5. The van der Waals surface area contributed by atoms with E-state index in [-0.39, 0.29) is 11.9 Å². The summed E-state index contributed by atoms with van der Waals surface area (Å²) in [4.78, 5) is 0. The van der Waals surface area contributed by atoms with Crippen LogP contribution in [-0.2, 0) is 6.42 Å². The lowest BCUT2D eigenvalue weighted by atomic mass is 9.97. The molecule has 0 amide bonds. The average molecular weight is 306 g/mol. The van der Waals surface area contributed by atoms with Crippen LogP contribution >= 0.6 is 11.6 Å². The Balaban J connectivity index is 2.38. The summed E-state index contributed by atoms with van der Waals surface area (Å²) in [6.07, 6.45) is 2.02. The molecule has 2 aromatic rings. The molecule has 0 bridgehead atoms. The Hall–Kier alpha value is -1.38. The second kappa shape index (κ2) is 7.58. The van der Waals surface area contributed by atoms with Gasteiger partial charge in [-0.25, -0.2) is 4.39 Å². The molecule has 0 aliphatic heterocycles. The molecule has 0 fully saturated rings. The largest absolute Gasteiger partial charge is 0.306 e. The van der Waals surface area contributed by atoms with Gasteiger partial charge in [-0.1, -0.05) is 49.7 Å². The van der Waals surface area contributed by atoms with Crippen molar-refractivity contribution in [3.63, 3.8) is 0 Å². The van der Waals surface area contributed by atoms with Crippen molar-refractivity contribution in [1.82, 2.24) is 5.32 Å². The van der Waals surface area contributed by atoms with Gasteiger partial charge in [0.25, 0.3) is 0 Å². The molecule has 0 saturated heterocycles.